The number of rotatable bonds is 12. The van der Waals surface area contributed by atoms with E-state index in [1.165, 1.54) is 0 Å². The highest BCUT2D eigenvalue weighted by Crippen LogP contribution is 2.02. The molecule has 0 fully saturated rings. The standard InChI is InChI=1S/C11H24N6O2/c1-14-9-19-8-10(4-2-3-6-12)16-11(18)5-7-15-17-13/h10,14H,2-9,12H2,1H3,(H,16,18). The molecule has 0 rings (SSSR count). The Morgan fingerprint density at radius 1 is 1.53 bits per heavy atom. The summed E-state index contributed by atoms with van der Waals surface area (Å²) >= 11 is 0. The zero-order chi connectivity index (χ0) is 14.3. The molecule has 19 heavy (non-hydrogen) atoms. The molecule has 4 N–H and O–H groups in total. The first-order chi connectivity index (χ1) is 9.24. The number of nitrogens with one attached hydrogen (secondary N) is 2. The normalized spacial score (nSPS) is 11.7. The number of amides is 1. The van der Waals surface area contributed by atoms with Crippen molar-refractivity contribution >= 4 is 5.91 Å². The molecular formula is C11H24N6O2. The first-order valence-corrected chi connectivity index (χ1v) is 6.47. The van der Waals surface area contributed by atoms with Gasteiger partial charge in [-0.05, 0) is 32.0 Å². The van der Waals surface area contributed by atoms with E-state index < -0.39 is 0 Å². The van der Waals surface area contributed by atoms with Crippen molar-refractivity contribution in [1.82, 2.24) is 10.6 Å². The lowest BCUT2D eigenvalue weighted by Crippen LogP contribution is -2.39. The minimum Gasteiger partial charge on any atom is -0.364 e. The van der Waals surface area contributed by atoms with E-state index in [9.17, 15) is 4.79 Å². The number of carbonyl (C=O) groups is 1. The molecule has 0 aromatic heterocycles. The summed E-state index contributed by atoms with van der Waals surface area (Å²) in [6, 6.07) is -0.0292. The number of unbranched alkanes of at least 4 members (excludes halogenated alkanes) is 1. The summed E-state index contributed by atoms with van der Waals surface area (Å²) in [6.45, 7) is 1.73. The van der Waals surface area contributed by atoms with E-state index in [4.69, 9.17) is 16.0 Å². The van der Waals surface area contributed by atoms with Crippen LogP contribution in [0, 0.1) is 0 Å². The fraction of sp³-hybridized carbons (Fsp3) is 0.909. The molecule has 0 saturated carbocycles. The number of azide groups is 1. The van der Waals surface area contributed by atoms with Crippen LogP contribution in [-0.4, -0.2) is 45.4 Å². The average Bonchev–Trinajstić information content (AvgIpc) is 2.39. The predicted molar refractivity (Wildman–Crippen MR) is 73.3 cm³/mol. The van der Waals surface area contributed by atoms with Gasteiger partial charge in [-0.2, -0.15) is 0 Å². The molecule has 0 spiro atoms. The largest absolute Gasteiger partial charge is 0.364 e. The van der Waals surface area contributed by atoms with Crippen LogP contribution in [0.4, 0.5) is 0 Å². The van der Waals surface area contributed by atoms with Gasteiger partial charge in [-0.25, -0.2) is 0 Å². The molecule has 8 heteroatoms. The van der Waals surface area contributed by atoms with Crippen molar-refractivity contribution in [1.29, 1.82) is 0 Å². The third-order valence-corrected chi connectivity index (χ3v) is 2.44. The van der Waals surface area contributed by atoms with Gasteiger partial charge in [0.15, 0.2) is 0 Å². The average molecular weight is 272 g/mol. The molecule has 0 radical (unpaired) electrons. The Labute approximate surface area is 113 Å². The number of ether oxygens (including phenoxy) is 1. The summed E-state index contributed by atoms with van der Waals surface area (Å²) in [7, 11) is 1.79. The molecule has 110 valence electrons. The fourth-order valence-corrected chi connectivity index (χ4v) is 1.53. The van der Waals surface area contributed by atoms with E-state index in [0.717, 1.165) is 19.3 Å². The molecule has 8 nitrogen and oxygen atoms in total. The van der Waals surface area contributed by atoms with Crippen molar-refractivity contribution in [2.75, 3.05) is 33.5 Å². The summed E-state index contributed by atoms with van der Waals surface area (Å²) in [5.41, 5.74) is 13.6. The van der Waals surface area contributed by atoms with E-state index in [1.807, 2.05) is 0 Å². The Morgan fingerprint density at radius 3 is 2.95 bits per heavy atom. The summed E-state index contributed by atoms with van der Waals surface area (Å²) in [4.78, 5) is 14.2. The summed E-state index contributed by atoms with van der Waals surface area (Å²) in [5, 5.41) is 9.09. The van der Waals surface area contributed by atoms with Gasteiger partial charge in [0.25, 0.3) is 0 Å². The van der Waals surface area contributed by atoms with Gasteiger partial charge >= 0.3 is 0 Å². The molecule has 0 aliphatic rings. The van der Waals surface area contributed by atoms with Gasteiger partial charge in [0.1, 0.15) is 0 Å². The maximum Gasteiger partial charge on any atom is 0.220 e. The first kappa shape index (κ1) is 17.7. The van der Waals surface area contributed by atoms with Crippen LogP contribution in [0.25, 0.3) is 10.4 Å². The minimum atomic E-state index is -0.127. The molecule has 0 aromatic rings. The highest BCUT2D eigenvalue weighted by molar-refractivity contribution is 5.76. The Bertz CT molecular complexity index is 270. The van der Waals surface area contributed by atoms with E-state index in [1.54, 1.807) is 7.05 Å². The topological polar surface area (TPSA) is 125 Å². The van der Waals surface area contributed by atoms with Crippen LogP contribution in [0.1, 0.15) is 25.7 Å². The van der Waals surface area contributed by atoms with E-state index in [0.29, 0.717) is 19.9 Å². The molecule has 0 heterocycles. The SMILES string of the molecule is CNCOCC(CCCCN)NC(=O)CCN=[N+]=[N-]. The van der Waals surface area contributed by atoms with Crippen molar-refractivity contribution in [2.24, 2.45) is 10.8 Å². The maximum absolute atomic E-state index is 11.6. The van der Waals surface area contributed by atoms with E-state index in [-0.39, 0.29) is 24.9 Å². The van der Waals surface area contributed by atoms with Gasteiger partial charge < -0.3 is 15.8 Å². The van der Waals surface area contributed by atoms with Gasteiger partial charge in [0.05, 0.1) is 19.4 Å². The van der Waals surface area contributed by atoms with Gasteiger partial charge in [0, 0.05) is 17.9 Å². The zero-order valence-corrected chi connectivity index (χ0v) is 11.5. The van der Waals surface area contributed by atoms with Crippen molar-refractivity contribution in [2.45, 2.75) is 31.7 Å². The Hall–Kier alpha value is -1.34. The molecule has 0 aromatic carbocycles. The second-order valence-electron chi connectivity index (χ2n) is 4.12. The second kappa shape index (κ2) is 13.1. The third kappa shape index (κ3) is 11.5. The predicted octanol–water partition coefficient (Wildman–Crippen LogP) is 0.494. The van der Waals surface area contributed by atoms with Gasteiger partial charge in [-0.15, -0.1) is 0 Å². The monoisotopic (exact) mass is 272 g/mol. The van der Waals surface area contributed by atoms with Crippen LogP contribution in [0.15, 0.2) is 5.11 Å². The van der Waals surface area contributed by atoms with Crippen molar-refractivity contribution in [3.8, 4) is 0 Å². The molecule has 1 amide bonds. The fourth-order valence-electron chi connectivity index (χ4n) is 1.53. The van der Waals surface area contributed by atoms with Crippen LogP contribution < -0.4 is 16.4 Å². The van der Waals surface area contributed by atoms with Crippen molar-refractivity contribution in [3.05, 3.63) is 10.4 Å². The Balaban J connectivity index is 3.99. The minimum absolute atomic E-state index is 0.0292. The molecule has 1 atom stereocenters. The molecule has 0 bridgehead atoms. The highest BCUT2D eigenvalue weighted by Gasteiger charge is 2.11. The third-order valence-electron chi connectivity index (χ3n) is 2.44. The lowest BCUT2D eigenvalue weighted by atomic mass is 10.1. The lowest BCUT2D eigenvalue weighted by molar-refractivity contribution is -0.122. The van der Waals surface area contributed by atoms with Gasteiger partial charge in [0.2, 0.25) is 5.91 Å². The smallest absolute Gasteiger partial charge is 0.220 e. The summed E-state index contributed by atoms with van der Waals surface area (Å²) in [5.74, 6) is -0.127. The molecular weight excluding hydrogens is 248 g/mol. The van der Waals surface area contributed by atoms with Gasteiger partial charge in [-0.3, -0.25) is 10.1 Å². The second-order valence-corrected chi connectivity index (χ2v) is 4.12. The van der Waals surface area contributed by atoms with E-state index >= 15 is 0 Å². The number of hydrogen-bond donors (Lipinski definition) is 3. The van der Waals surface area contributed by atoms with Crippen molar-refractivity contribution < 1.29 is 9.53 Å². The highest BCUT2D eigenvalue weighted by atomic mass is 16.5. The van der Waals surface area contributed by atoms with Crippen LogP contribution in [-0.2, 0) is 9.53 Å². The first-order valence-electron chi connectivity index (χ1n) is 6.47. The number of carbonyl (C=O) groups excluding carboxylic acids is 1. The zero-order valence-electron chi connectivity index (χ0n) is 11.5. The number of nitrogens with two attached hydrogens (primary N) is 1. The molecule has 0 saturated heterocycles. The van der Waals surface area contributed by atoms with Crippen LogP contribution in [0.5, 0.6) is 0 Å². The quantitative estimate of drug-likeness (QED) is 0.157. The van der Waals surface area contributed by atoms with Crippen LogP contribution >= 0.6 is 0 Å². The summed E-state index contributed by atoms with van der Waals surface area (Å²) < 4.78 is 5.36. The maximum atomic E-state index is 11.6. The Kier molecular flexibility index (Phi) is 12.2. The number of hydrogen-bond acceptors (Lipinski definition) is 5. The molecule has 0 aliphatic heterocycles. The van der Waals surface area contributed by atoms with Crippen LogP contribution in [0.2, 0.25) is 0 Å². The lowest BCUT2D eigenvalue weighted by Gasteiger charge is -2.18. The van der Waals surface area contributed by atoms with Crippen LogP contribution in [0.3, 0.4) is 0 Å². The summed E-state index contributed by atoms with van der Waals surface area (Å²) in [6.07, 6.45) is 2.90. The van der Waals surface area contributed by atoms with E-state index in [2.05, 4.69) is 20.7 Å². The molecule has 0 aliphatic carbocycles. The number of nitrogens with zero attached hydrogens (tertiary/aromatic N) is 3. The van der Waals surface area contributed by atoms with Crippen molar-refractivity contribution in [3.63, 3.8) is 0 Å². The molecule has 1 unspecified atom stereocenters. The Morgan fingerprint density at radius 2 is 2.32 bits per heavy atom. The van der Waals surface area contributed by atoms with Gasteiger partial charge in [-0.1, -0.05) is 11.5 Å².